The molecule has 2 aromatic rings. The lowest BCUT2D eigenvalue weighted by Crippen LogP contribution is -2.14. The first kappa shape index (κ1) is 14.3. The first-order chi connectivity index (χ1) is 9.95. The quantitative estimate of drug-likeness (QED) is 0.677. The summed E-state index contributed by atoms with van der Waals surface area (Å²) in [4.78, 5) is 26.2. The molecule has 1 heterocycles. The van der Waals surface area contributed by atoms with E-state index in [2.05, 4.69) is 15.6 Å². The predicted molar refractivity (Wildman–Crippen MR) is 81.2 cm³/mol. The van der Waals surface area contributed by atoms with Gasteiger partial charge in [-0.2, -0.15) is 0 Å². The number of pyridine rings is 1. The highest BCUT2D eigenvalue weighted by atomic mass is 16.1. The number of nitrogens with two attached hydrogens (primary N) is 2. The van der Waals surface area contributed by atoms with E-state index >= 15 is 0 Å². The number of nitrogens with one attached hydrogen (secondary N) is 2. The average molecular weight is 285 g/mol. The van der Waals surface area contributed by atoms with Crippen LogP contribution in [0.2, 0.25) is 0 Å². The van der Waals surface area contributed by atoms with Crippen LogP contribution in [-0.2, 0) is 4.79 Å². The largest absolute Gasteiger partial charge is 0.396 e. The van der Waals surface area contributed by atoms with Gasteiger partial charge >= 0.3 is 0 Å². The number of hydrogen-bond acceptors (Lipinski definition) is 5. The van der Waals surface area contributed by atoms with Crippen LogP contribution < -0.4 is 22.1 Å². The van der Waals surface area contributed by atoms with Crippen molar-refractivity contribution in [2.24, 2.45) is 5.73 Å². The molecule has 1 aromatic carbocycles. The fraction of sp³-hybridized carbons (Fsp3) is 0.0714. The summed E-state index contributed by atoms with van der Waals surface area (Å²) in [6.45, 7) is 1.43. The highest BCUT2D eigenvalue weighted by molar-refractivity contribution is 5.92. The van der Waals surface area contributed by atoms with Gasteiger partial charge in [-0.05, 0) is 30.3 Å². The van der Waals surface area contributed by atoms with E-state index in [1.807, 2.05) is 0 Å². The van der Waals surface area contributed by atoms with E-state index in [1.54, 1.807) is 30.3 Å². The second kappa shape index (κ2) is 5.91. The molecule has 2 amide bonds. The van der Waals surface area contributed by atoms with Crippen LogP contribution in [0, 0.1) is 0 Å². The zero-order valence-corrected chi connectivity index (χ0v) is 11.4. The number of anilines is 4. The molecule has 0 bridgehead atoms. The van der Waals surface area contributed by atoms with E-state index in [4.69, 9.17) is 11.5 Å². The van der Waals surface area contributed by atoms with Crippen molar-refractivity contribution in [3.05, 3.63) is 42.1 Å². The number of primary amides is 1. The molecule has 0 fully saturated rings. The molecule has 0 saturated heterocycles. The summed E-state index contributed by atoms with van der Waals surface area (Å²) in [7, 11) is 0. The van der Waals surface area contributed by atoms with Crippen LogP contribution >= 0.6 is 0 Å². The topological polar surface area (TPSA) is 123 Å². The van der Waals surface area contributed by atoms with Gasteiger partial charge in [0.25, 0.3) is 5.91 Å². The first-order valence-electron chi connectivity index (χ1n) is 6.16. The van der Waals surface area contributed by atoms with Crippen molar-refractivity contribution in [1.29, 1.82) is 0 Å². The van der Waals surface area contributed by atoms with Crippen LogP contribution in [0.1, 0.15) is 17.4 Å². The van der Waals surface area contributed by atoms with Gasteiger partial charge < -0.3 is 22.1 Å². The Morgan fingerprint density at radius 3 is 2.52 bits per heavy atom. The summed E-state index contributed by atoms with van der Waals surface area (Å²) in [5, 5.41) is 5.66. The van der Waals surface area contributed by atoms with Crippen molar-refractivity contribution in [1.82, 2.24) is 4.98 Å². The number of carbonyl (C=O) groups is 2. The molecule has 0 saturated carbocycles. The number of hydrogen-bond donors (Lipinski definition) is 4. The van der Waals surface area contributed by atoms with Gasteiger partial charge in [0.05, 0.1) is 5.69 Å². The Hall–Kier alpha value is -3.09. The number of rotatable bonds is 4. The Kier molecular flexibility index (Phi) is 4.03. The van der Waals surface area contributed by atoms with Gasteiger partial charge in [0, 0.05) is 18.3 Å². The third kappa shape index (κ3) is 3.69. The fourth-order valence-corrected chi connectivity index (χ4v) is 1.72. The molecule has 108 valence electrons. The summed E-state index contributed by atoms with van der Waals surface area (Å²) in [5.74, 6) is -0.475. The summed E-state index contributed by atoms with van der Waals surface area (Å²) in [6.07, 6.45) is 0. The third-order valence-electron chi connectivity index (χ3n) is 2.62. The highest BCUT2D eigenvalue weighted by Crippen LogP contribution is 2.23. The Bertz CT molecular complexity index is 700. The lowest BCUT2D eigenvalue weighted by Gasteiger charge is -2.10. The smallest absolute Gasteiger partial charge is 0.267 e. The number of benzene rings is 1. The van der Waals surface area contributed by atoms with Crippen molar-refractivity contribution >= 4 is 34.7 Å². The van der Waals surface area contributed by atoms with E-state index in [9.17, 15) is 9.59 Å². The molecule has 1 aromatic heterocycles. The van der Waals surface area contributed by atoms with Crippen molar-refractivity contribution < 1.29 is 9.59 Å². The minimum Gasteiger partial charge on any atom is -0.396 e. The second-order valence-electron chi connectivity index (χ2n) is 4.39. The van der Waals surface area contributed by atoms with Gasteiger partial charge in [-0.3, -0.25) is 9.59 Å². The molecule has 21 heavy (non-hydrogen) atoms. The van der Waals surface area contributed by atoms with Gasteiger partial charge in [0.15, 0.2) is 5.82 Å². The average Bonchev–Trinajstić information content (AvgIpc) is 2.40. The van der Waals surface area contributed by atoms with Crippen LogP contribution in [0.5, 0.6) is 0 Å². The SMILES string of the molecule is CC(=O)Nc1cccc(Nc2nc(C(N)=O)ccc2N)c1. The maximum absolute atomic E-state index is 11.1. The molecule has 6 N–H and O–H groups in total. The van der Waals surface area contributed by atoms with E-state index in [1.165, 1.54) is 13.0 Å². The van der Waals surface area contributed by atoms with Crippen LogP contribution in [0.4, 0.5) is 22.9 Å². The Balaban J connectivity index is 2.27. The minimum absolute atomic E-state index is 0.115. The zero-order valence-electron chi connectivity index (χ0n) is 11.4. The Morgan fingerprint density at radius 2 is 1.86 bits per heavy atom. The van der Waals surface area contributed by atoms with Crippen molar-refractivity contribution in [3.63, 3.8) is 0 Å². The summed E-state index contributed by atoms with van der Waals surface area (Å²) >= 11 is 0. The molecule has 0 aliphatic heterocycles. The standard InChI is InChI=1S/C14H15N5O2/c1-8(20)17-9-3-2-4-10(7-9)18-14-11(15)5-6-12(19-14)13(16)21/h2-7H,15H2,1H3,(H2,16,21)(H,17,20)(H,18,19). The number of nitrogens with zero attached hydrogens (tertiary/aromatic N) is 1. The van der Waals surface area contributed by atoms with E-state index in [0.29, 0.717) is 22.9 Å². The molecular formula is C14H15N5O2. The number of aromatic nitrogens is 1. The van der Waals surface area contributed by atoms with Gasteiger partial charge in [0.2, 0.25) is 5.91 Å². The molecule has 0 atom stereocenters. The van der Waals surface area contributed by atoms with Crippen molar-refractivity contribution in [3.8, 4) is 0 Å². The van der Waals surface area contributed by atoms with E-state index in [0.717, 1.165) is 0 Å². The second-order valence-corrected chi connectivity index (χ2v) is 4.39. The van der Waals surface area contributed by atoms with Gasteiger partial charge in [-0.15, -0.1) is 0 Å². The predicted octanol–water partition coefficient (Wildman–Crippen LogP) is 1.46. The van der Waals surface area contributed by atoms with Crippen LogP contribution in [0.15, 0.2) is 36.4 Å². The molecule has 7 nitrogen and oxygen atoms in total. The highest BCUT2D eigenvalue weighted by Gasteiger charge is 2.08. The molecule has 7 heteroatoms. The van der Waals surface area contributed by atoms with Gasteiger partial charge in [-0.1, -0.05) is 6.07 Å². The Morgan fingerprint density at radius 1 is 1.14 bits per heavy atom. The van der Waals surface area contributed by atoms with Crippen LogP contribution in [0.3, 0.4) is 0 Å². The lowest BCUT2D eigenvalue weighted by molar-refractivity contribution is -0.114. The molecule has 0 unspecified atom stereocenters. The molecule has 0 aliphatic rings. The monoisotopic (exact) mass is 285 g/mol. The normalized spacial score (nSPS) is 9.95. The summed E-state index contributed by atoms with van der Waals surface area (Å²) in [5.41, 5.74) is 12.8. The van der Waals surface area contributed by atoms with E-state index in [-0.39, 0.29) is 11.6 Å². The summed E-state index contributed by atoms with van der Waals surface area (Å²) < 4.78 is 0. The number of carbonyl (C=O) groups excluding carboxylic acids is 2. The van der Waals surface area contributed by atoms with Crippen molar-refractivity contribution in [2.45, 2.75) is 6.92 Å². The zero-order chi connectivity index (χ0) is 15.4. The van der Waals surface area contributed by atoms with Gasteiger partial charge in [-0.25, -0.2) is 4.98 Å². The Labute approximate surface area is 121 Å². The first-order valence-corrected chi connectivity index (χ1v) is 6.16. The molecule has 0 aliphatic carbocycles. The van der Waals surface area contributed by atoms with Crippen molar-refractivity contribution in [2.75, 3.05) is 16.4 Å². The minimum atomic E-state index is -0.634. The fourth-order valence-electron chi connectivity index (χ4n) is 1.72. The molecule has 0 spiro atoms. The maximum atomic E-state index is 11.1. The molecular weight excluding hydrogens is 270 g/mol. The number of nitrogen functional groups attached to an aromatic ring is 1. The third-order valence-corrected chi connectivity index (χ3v) is 2.62. The number of amides is 2. The van der Waals surface area contributed by atoms with Crippen LogP contribution in [-0.4, -0.2) is 16.8 Å². The van der Waals surface area contributed by atoms with E-state index < -0.39 is 5.91 Å². The molecule has 0 radical (unpaired) electrons. The van der Waals surface area contributed by atoms with Crippen LogP contribution in [0.25, 0.3) is 0 Å². The molecule has 2 rings (SSSR count). The maximum Gasteiger partial charge on any atom is 0.267 e. The lowest BCUT2D eigenvalue weighted by atomic mass is 10.2. The van der Waals surface area contributed by atoms with Gasteiger partial charge in [0.1, 0.15) is 5.69 Å². The summed E-state index contributed by atoms with van der Waals surface area (Å²) in [6, 6.07) is 10.0.